The Morgan fingerprint density at radius 3 is 2.41 bits per heavy atom. The first-order valence-electron chi connectivity index (χ1n) is 5.59. The van der Waals surface area contributed by atoms with E-state index in [1.54, 1.807) is 12.4 Å². The van der Waals surface area contributed by atoms with Crippen molar-refractivity contribution in [1.82, 2.24) is 9.88 Å². The smallest absolute Gasteiger partial charge is 0.229 e. The van der Waals surface area contributed by atoms with Crippen molar-refractivity contribution in [1.29, 1.82) is 0 Å². The summed E-state index contributed by atoms with van der Waals surface area (Å²) in [5, 5.41) is 0. The van der Waals surface area contributed by atoms with E-state index in [2.05, 4.69) is 20.9 Å². The van der Waals surface area contributed by atoms with E-state index in [4.69, 9.17) is 0 Å². The highest BCUT2D eigenvalue weighted by molar-refractivity contribution is 9.10. The highest BCUT2D eigenvalue weighted by Crippen LogP contribution is 2.17. The molecule has 0 unspecified atom stereocenters. The van der Waals surface area contributed by atoms with Crippen LogP contribution in [0.5, 0.6) is 0 Å². The maximum Gasteiger partial charge on any atom is 0.229 e. The molecule has 1 aliphatic heterocycles. The quantitative estimate of drug-likeness (QED) is 0.787. The second kappa shape index (κ2) is 5.40. The van der Waals surface area contributed by atoms with Gasteiger partial charge in [0.15, 0.2) is 0 Å². The third-order valence-electron chi connectivity index (χ3n) is 2.74. The molecule has 0 bridgehead atoms. The van der Waals surface area contributed by atoms with E-state index in [-0.39, 0.29) is 11.8 Å². The van der Waals surface area contributed by atoms with Crippen molar-refractivity contribution in [2.75, 3.05) is 0 Å². The van der Waals surface area contributed by atoms with Crippen LogP contribution in [0.3, 0.4) is 0 Å². The number of carbonyl (C=O) groups is 2. The Labute approximate surface area is 108 Å². The summed E-state index contributed by atoms with van der Waals surface area (Å²) in [5.41, 5.74) is 0.864. The minimum Gasteiger partial charge on any atom is -0.278 e. The lowest BCUT2D eigenvalue weighted by Gasteiger charge is -2.18. The van der Waals surface area contributed by atoms with Gasteiger partial charge in [0.05, 0.1) is 6.54 Å². The van der Waals surface area contributed by atoms with Gasteiger partial charge in [0.1, 0.15) is 0 Å². The van der Waals surface area contributed by atoms with E-state index in [9.17, 15) is 9.59 Å². The first kappa shape index (κ1) is 12.2. The average molecular weight is 297 g/mol. The van der Waals surface area contributed by atoms with Gasteiger partial charge in [-0.1, -0.05) is 0 Å². The number of pyridine rings is 1. The summed E-state index contributed by atoms with van der Waals surface area (Å²) in [6.45, 7) is 0.324. The van der Waals surface area contributed by atoms with Crippen molar-refractivity contribution in [2.24, 2.45) is 0 Å². The monoisotopic (exact) mass is 296 g/mol. The molecule has 17 heavy (non-hydrogen) atoms. The summed E-state index contributed by atoms with van der Waals surface area (Å²) in [5.74, 6) is -0.153. The lowest BCUT2D eigenvalue weighted by Crippen LogP contribution is -2.34. The predicted molar refractivity (Wildman–Crippen MR) is 66.0 cm³/mol. The molecule has 1 saturated heterocycles. The summed E-state index contributed by atoms with van der Waals surface area (Å²) < 4.78 is 0.852. The molecule has 1 fully saturated rings. The Hall–Kier alpha value is -1.23. The fourth-order valence-electron chi connectivity index (χ4n) is 1.86. The summed E-state index contributed by atoms with van der Waals surface area (Å²) in [6, 6.07) is 1.87. The van der Waals surface area contributed by atoms with Crippen LogP contribution in [0.25, 0.3) is 0 Å². The SMILES string of the molecule is O=C1CCCCC(=O)N1Cc1cncc(Br)c1. The molecule has 0 spiro atoms. The highest BCUT2D eigenvalue weighted by Gasteiger charge is 2.23. The number of carbonyl (C=O) groups excluding carboxylic acids is 2. The minimum absolute atomic E-state index is 0.0764. The molecule has 5 heteroatoms. The van der Waals surface area contributed by atoms with E-state index >= 15 is 0 Å². The summed E-state index contributed by atoms with van der Waals surface area (Å²) in [7, 11) is 0. The van der Waals surface area contributed by atoms with E-state index < -0.39 is 0 Å². The van der Waals surface area contributed by atoms with Gasteiger partial charge >= 0.3 is 0 Å². The van der Waals surface area contributed by atoms with Gasteiger partial charge in [-0.05, 0) is 40.4 Å². The Morgan fingerprint density at radius 1 is 1.18 bits per heavy atom. The molecular weight excluding hydrogens is 284 g/mol. The summed E-state index contributed by atoms with van der Waals surface area (Å²) in [6.07, 6.45) is 5.89. The van der Waals surface area contributed by atoms with Crippen molar-refractivity contribution in [3.8, 4) is 0 Å². The molecule has 1 aromatic rings. The lowest BCUT2D eigenvalue weighted by atomic mass is 10.2. The molecule has 2 heterocycles. The summed E-state index contributed by atoms with van der Waals surface area (Å²) in [4.78, 5) is 28.9. The molecule has 0 aromatic carbocycles. The maximum atomic E-state index is 11.8. The fourth-order valence-corrected chi connectivity index (χ4v) is 2.27. The Kier molecular flexibility index (Phi) is 3.89. The Morgan fingerprint density at radius 2 is 1.82 bits per heavy atom. The van der Waals surface area contributed by atoms with E-state index in [0.29, 0.717) is 19.4 Å². The molecular formula is C12H13BrN2O2. The largest absolute Gasteiger partial charge is 0.278 e. The maximum absolute atomic E-state index is 11.8. The van der Waals surface area contributed by atoms with Crippen molar-refractivity contribution >= 4 is 27.7 Å². The Bertz CT molecular complexity index is 430. The number of hydrogen-bond acceptors (Lipinski definition) is 3. The third kappa shape index (κ3) is 3.12. The molecule has 90 valence electrons. The number of nitrogens with zero attached hydrogens (tertiary/aromatic N) is 2. The van der Waals surface area contributed by atoms with Crippen LogP contribution < -0.4 is 0 Å². The van der Waals surface area contributed by atoms with Crippen LogP contribution in [0.1, 0.15) is 31.2 Å². The zero-order valence-corrected chi connectivity index (χ0v) is 10.9. The first-order chi connectivity index (χ1) is 8.16. The van der Waals surface area contributed by atoms with Crippen molar-refractivity contribution in [3.05, 3.63) is 28.5 Å². The van der Waals surface area contributed by atoms with Gasteiger partial charge in [0.25, 0.3) is 0 Å². The fraction of sp³-hybridized carbons (Fsp3) is 0.417. The number of rotatable bonds is 2. The van der Waals surface area contributed by atoms with Gasteiger partial charge in [0, 0.05) is 29.7 Å². The van der Waals surface area contributed by atoms with Crippen LogP contribution in [0.15, 0.2) is 22.9 Å². The first-order valence-corrected chi connectivity index (χ1v) is 6.39. The molecule has 0 N–H and O–H groups in total. The normalized spacial score (nSPS) is 17.1. The van der Waals surface area contributed by atoms with Crippen LogP contribution in [-0.2, 0) is 16.1 Å². The van der Waals surface area contributed by atoms with Crippen LogP contribution in [0, 0.1) is 0 Å². The molecule has 1 aliphatic rings. The number of halogens is 1. The highest BCUT2D eigenvalue weighted by atomic mass is 79.9. The molecule has 0 radical (unpaired) electrons. The number of likely N-dealkylation sites (tertiary alicyclic amines) is 1. The van der Waals surface area contributed by atoms with Gasteiger partial charge in [-0.25, -0.2) is 0 Å². The van der Waals surface area contributed by atoms with Crippen LogP contribution in [-0.4, -0.2) is 21.7 Å². The minimum atomic E-state index is -0.0764. The molecule has 4 nitrogen and oxygen atoms in total. The number of imide groups is 1. The van der Waals surface area contributed by atoms with E-state index in [1.165, 1.54) is 4.90 Å². The van der Waals surface area contributed by atoms with Crippen LogP contribution in [0.2, 0.25) is 0 Å². The lowest BCUT2D eigenvalue weighted by molar-refractivity contribution is -0.144. The second-order valence-electron chi connectivity index (χ2n) is 4.09. The van der Waals surface area contributed by atoms with Crippen molar-refractivity contribution in [2.45, 2.75) is 32.2 Å². The molecule has 2 rings (SSSR count). The average Bonchev–Trinajstić information content (AvgIpc) is 2.44. The number of aromatic nitrogens is 1. The van der Waals surface area contributed by atoms with Gasteiger partial charge in [-0.2, -0.15) is 0 Å². The number of hydrogen-bond donors (Lipinski definition) is 0. The van der Waals surface area contributed by atoms with Gasteiger partial charge in [0.2, 0.25) is 11.8 Å². The van der Waals surface area contributed by atoms with Crippen molar-refractivity contribution < 1.29 is 9.59 Å². The molecule has 0 saturated carbocycles. The standard InChI is InChI=1S/C12H13BrN2O2/c13-10-5-9(6-14-7-10)8-15-11(16)3-1-2-4-12(15)17/h5-7H,1-4,8H2. The second-order valence-corrected chi connectivity index (χ2v) is 5.01. The topological polar surface area (TPSA) is 50.3 Å². The molecule has 0 atom stereocenters. The molecule has 1 aromatic heterocycles. The molecule has 0 aliphatic carbocycles. The zero-order chi connectivity index (χ0) is 12.3. The predicted octanol–water partition coefficient (Wildman–Crippen LogP) is 2.27. The van der Waals surface area contributed by atoms with Gasteiger partial charge in [-0.3, -0.25) is 19.5 Å². The van der Waals surface area contributed by atoms with E-state index in [1.807, 2.05) is 6.07 Å². The Balaban J connectivity index is 2.15. The molecule has 2 amide bonds. The third-order valence-corrected chi connectivity index (χ3v) is 3.17. The zero-order valence-electron chi connectivity index (χ0n) is 9.36. The van der Waals surface area contributed by atoms with Crippen LogP contribution >= 0.6 is 15.9 Å². The van der Waals surface area contributed by atoms with Gasteiger partial charge in [-0.15, -0.1) is 0 Å². The van der Waals surface area contributed by atoms with Crippen molar-refractivity contribution in [3.63, 3.8) is 0 Å². The summed E-state index contributed by atoms with van der Waals surface area (Å²) >= 11 is 3.32. The van der Waals surface area contributed by atoms with Gasteiger partial charge < -0.3 is 0 Å². The van der Waals surface area contributed by atoms with E-state index in [0.717, 1.165) is 22.9 Å². The van der Waals surface area contributed by atoms with Crippen LogP contribution in [0.4, 0.5) is 0 Å². The number of amides is 2.